The number of nitrogens with one attached hydrogen (secondary N) is 1. The zero-order valence-electron chi connectivity index (χ0n) is 15.0. The van der Waals surface area contributed by atoms with Crippen molar-refractivity contribution in [1.82, 2.24) is 10.3 Å². The highest BCUT2D eigenvalue weighted by Gasteiger charge is 2.22. The molecule has 3 aromatic rings. The molecule has 0 saturated carbocycles. The van der Waals surface area contributed by atoms with Gasteiger partial charge in [0.1, 0.15) is 5.69 Å². The topological polar surface area (TPSA) is 59.3 Å². The molecule has 1 aliphatic heterocycles. The molecule has 27 heavy (non-hydrogen) atoms. The minimum Gasteiger partial charge on any atom is -0.368 e. The Morgan fingerprint density at radius 3 is 2.48 bits per heavy atom. The van der Waals surface area contributed by atoms with E-state index in [4.69, 9.17) is 5.32 Å². The van der Waals surface area contributed by atoms with E-state index >= 15 is 0 Å². The number of piperazine rings is 1. The van der Waals surface area contributed by atoms with Crippen LogP contribution in [0.1, 0.15) is 22.1 Å². The van der Waals surface area contributed by atoms with Crippen molar-refractivity contribution in [2.24, 2.45) is 0 Å². The van der Waals surface area contributed by atoms with Crippen molar-refractivity contribution in [1.29, 1.82) is 0 Å². The number of hydrogen-bond donors (Lipinski definition) is 1. The van der Waals surface area contributed by atoms with E-state index in [1.807, 2.05) is 30.3 Å². The molecule has 2 heterocycles. The van der Waals surface area contributed by atoms with Gasteiger partial charge in [-0.3, -0.25) is 9.78 Å². The second kappa shape index (κ2) is 8.01. The highest BCUT2D eigenvalue weighted by atomic mass is 16.1. The second-order valence-corrected chi connectivity index (χ2v) is 6.49. The Bertz CT molecular complexity index is 881. The molecule has 1 saturated heterocycles. The normalized spacial score (nSPS) is 16.7. The number of rotatable bonds is 4. The summed E-state index contributed by atoms with van der Waals surface area (Å²) in [4.78, 5) is 18.6. The van der Waals surface area contributed by atoms with Crippen molar-refractivity contribution in [2.45, 2.75) is 6.04 Å². The summed E-state index contributed by atoms with van der Waals surface area (Å²) in [6.45, 7) is 2.59. The van der Waals surface area contributed by atoms with E-state index in [2.05, 4.69) is 39.5 Å². The van der Waals surface area contributed by atoms with Gasteiger partial charge in [0.25, 0.3) is 5.91 Å². The van der Waals surface area contributed by atoms with Crippen LogP contribution < -0.4 is 15.5 Å². The van der Waals surface area contributed by atoms with Gasteiger partial charge in [0, 0.05) is 37.2 Å². The van der Waals surface area contributed by atoms with Gasteiger partial charge < -0.3 is 10.2 Å². The molecule has 1 fully saturated rings. The van der Waals surface area contributed by atoms with Crippen LogP contribution >= 0.6 is 0 Å². The maximum Gasteiger partial charge on any atom is 0.274 e. The minimum absolute atomic E-state index is 0.198. The van der Waals surface area contributed by atoms with Gasteiger partial charge in [-0.1, -0.05) is 36.4 Å². The molecule has 1 amide bonds. The Morgan fingerprint density at radius 2 is 1.74 bits per heavy atom. The minimum atomic E-state index is -0.204. The largest absolute Gasteiger partial charge is 0.368 e. The molecule has 5 heteroatoms. The van der Waals surface area contributed by atoms with E-state index in [-0.39, 0.29) is 11.9 Å². The lowest BCUT2D eigenvalue weighted by Gasteiger charge is -2.34. The van der Waals surface area contributed by atoms with Gasteiger partial charge >= 0.3 is 0 Å². The summed E-state index contributed by atoms with van der Waals surface area (Å²) in [5.74, 6) is -0.204. The van der Waals surface area contributed by atoms with Gasteiger partial charge in [0.2, 0.25) is 0 Å². The smallest absolute Gasteiger partial charge is 0.274 e. The third-order valence-electron chi connectivity index (χ3n) is 4.68. The number of anilines is 2. The van der Waals surface area contributed by atoms with E-state index in [9.17, 15) is 4.79 Å². The lowest BCUT2D eigenvalue weighted by atomic mass is 10.0. The number of aromatic nitrogens is 1. The van der Waals surface area contributed by atoms with Crippen molar-refractivity contribution in [3.63, 3.8) is 0 Å². The number of amides is 1. The van der Waals surface area contributed by atoms with Crippen LogP contribution in [0.5, 0.6) is 0 Å². The predicted molar refractivity (Wildman–Crippen MR) is 107 cm³/mol. The average molecular weight is 357 g/mol. The first-order valence-corrected chi connectivity index (χ1v) is 9.08. The molecule has 1 atom stereocenters. The quantitative estimate of drug-likeness (QED) is 0.777. The number of carbonyl (C=O) groups is 1. The van der Waals surface area contributed by atoms with Crippen molar-refractivity contribution in [2.75, 3.05) is 29.9 Å². The fourth-order valence-corrected chi connectivity index (χ4v) is 3.26. The van der Waals surface area contributed by atoms with E-state index in [0.29, 0.717) is 5.69 Å². The van der Waals surface area contributed by atoms with Crippen LogP contribution in [-0.2, 0) is 0 Å². The zero-order chi connectivity index (χ0) is 18.5. The molecule has 5 nitrogen and oxygen atoms in total. The second-order valence-electron chi connectivity index (χ2n) is 6.49. The number of nitrogens with zero attached hydrogens (tertiary/aromatic N) is 3. The molecular weight excluding hydrogens is 336 g/mol. The van der Waals surface area contributed by atoms with E-state index in [1.54, 1.807) is 24.4 Å². The van der Waals surface area contributed by atoms with Gasteiger partial charge in [0.15, 0.2) is 0 Å². The summed E-state index contributed by atoms with van der Waals surface area (Å²) >= 11 is 0. The molecule has 1 N–H and O–H groups in total. The summed E-state index contributed by atoms with van der Waals surface area (Å²) in [5.41, 5.74) is 3.56. The number of benzene rings is 2. The van der Waals surface area contributed by atoms with Crippen LogP contribution in [0.2, 0.25) is 0 Å². The molecule has 1 aromatic heterocycles. The average Bonchev–Trinajstić information content (AvgIpc) is 2.75. The lowest BCUT2D eigenvalue weighted by Crippen LogP contribution is -2.42. The van der Waals surface area contributed by atoms with Gasteiger partial charge in [-0.25, -0.2) is 5.32 Å². The SMILES string of the molecule is O=C(Nc1ccc(N2CC[N]C(c3ccccc3)C2)cc1)c1ccccn1. The highest BCUT2D eigenvalue weighted by Crippen LogP contribution is 2.24. The summed E-state index contributed by atoms with van der Waals surface area (Å²) in [6, 6.07) is 23.8. The number of carbonyl (C=O) groups excluding carboxylic acids is 1. The fraction of sp³-hybridized carbons (Fsp3) is 0.182. The molecule has 2 aromatic carbocycles. The van der Waals surface area contributed by atoms with Crippen LogP contribution in [0.3, 0.4) is 0 Å². The first-order valence-electron chi connectivity index (χ1n) is 9.08. The van der Waals surface area contributed by atoms with Gasteiger partial charge in [-0.2, -0.15) is 0 Å². The standard InChI is InChI=1S/C22H21N4O/c27-22(20-8-4-5-13-23-20)25-18-9-11-19(12-10-18)26-15-14-24-21(16-26)17-6-2-1-3-7-17/h1-13,21H,14-16H2,(H,25,27). The Kier molecular flexibility index (Phi) is 5.12. The molecule has 1 unspecified atom stereocenters. The van der Waals surface area contributed by atoms with E-state index < -0.39 is 0 Å². The molecular formula is C22H21N4O. The van der Waals surface area contributed by atoms with Crippen molar-refractivity contribution in [3.05, 3.63) is 90.3 Å². The molecule has 0 spiro atoms. The summed E-state index contributed by atoms with van der Waals surface area (Å²) in [5, 5.41) is 7.64. The van der Waals surface area contributed by atoms with Gasteiger partial charge in [0.05, 0.1) is 6.04 Å². The molecule has 1 aliphatic rings. The molecule has 0 aliphatic carbocycles. The van der Waals surface area contributed by atoms with Crippen LogP contribution in [-0.4, -0.2) is 30.5 Å². The Morgan fingerprint density at radius 1 is 0.963 bits per heavy atom. The fourth-order valence-electron chi connectivity index (χ4n) is 3.26. The summed E-state index contributed by atoms with van der Waals surface area (Å²) in [7, 11) is 0. The monoisotopic (exact) mass is 357 g/mol. The van der Waals surface area contributed by atoms with Crippen molar-refractivity contribution >= 4 is 17.3 Å². The number of pyridine rings is 1. The number of hydrogen-bond acceptors (Lipinski definition) is 3. The maximum absolute atomic E-state index is 12.2. The Balaban J connectivity index is 1.42. The molecule has 1 radical (unpaired) electrons. The van der Waals surface area contributed by atoms with Crippen molar-refractivity contribution in [3.8, 4) is 0 Å². The van der Waals surface area contributed by atoms with E-state index in [0.717, 1.165) is 31.0 Å². The zero-order valence-corrected chi connectivity index (χ0v) is 15.0. The third kappa shape index (κ3) is 4.15. The van der Waals surface area contributed by atoms with Crippen molar-refractivity contribution < 1.29 is 4.79 Å². The summed E-state index contributed by atoms with van der Waals surface area (Å²) < 4.78 is 0. The van der Waals surface area contributed by atoms with Crippen LogP contribution in [0.4, 0.5) is 11.4 Å². The predicted octanol–water partition coefficient (Wildman–Crippen LogP) is 3.50. The molecule has 4 rings (SSSR count). The lowest BCUT2D eigenvalue weighted by molar-refractivity contribution is 0.102. The maximum atomic E-state index is 12.2. The van der Waals surface area contributed by atoms with Gasteiger partial charge in [-0.15, -0.1) is 0 Å². The first kappa shape index (κ1) is 17.2. The Hall–Kier alpha value is -3.18. The third-order valence-corrected chi connectivity index (χ3v) is 4.68. The Labute approximate surface area is 159 Å². The highest BCUT2D eigenvalue weighted by molar-refractivity contribution is 6.02. The van der Waals surface area contributed by atoms with Crippen LogP contribution in [0, 0.1) is 0 Å². The first-order chi connectivity index (χ1) is 13.3. The summed E-state index contributed by atoms with van der Waals surface area (Å²) in [6.07, 6.45) is 1.61. The molecule has 135 valence electrons. The van der Waals surface area contributed by atoms with Gasteiger partial charge in [-0.05, 0) is 42.0 Å². The van der Waals surface area contributed by atoms with Crippen LogP contribution in [0.15, 0.2) is 79.0 Å². The molecule has 0 bridgehead atoms. The van der Waals surface area contributed by atoms with Crippen LogP contribution in [0.25, 0.3) is 0 Å². The van der Waals surface area contributed by atoms with E-state index in [1.165, 1.54) is 5.56 Å².